The quantitative estimate of drug-likeness (QED) is 0.823. The Morgan fingerprint density at radius 1 is 1.27 bits per heavy atom. The number of hydrogen-bond acceptors (Lipinski definition) is 4. The normalized spacial score (nSPS) is 42.7. The Morgan fingerprint density at radius 3 is 2.64 bits per heavy atom. The van der Waals surface area contributed by atoms with Gasteiger partial charge in [0.1, 0.15) is 5.54 Å². The number of carbonyl (C=O) groups is 1. The van der Waals surface area contributed by atoms with E-state index in [-0.39, 0.29) is 41.4 Å². The Kier molecular flexibility index (Phi) is 4.85. The highest BCUT2D eigenvalue weighted by Crippen LogP contribution is 2.57. The molecule has 3 fully saturated rings. The van der Waals surface area contributed by atoms with E-state index in [0.29, 0.717) is 6.54 Å². The first-order valence-electron chi connectivity index (χ1n) is 8.14. The first-order chi connectivity index (χ1) is 9.81. The molecule has 128 valence electrons. The maximum absolute atomic E-state index is 12.8. The van der Waals surface area contributed by atoms with Gasteiger partial charge in [-0.15, -0.1) is 12.4 Å². The molecule has 1 amide bonds. The second-order valence-corrected chi connectivity index (χ2v) is 7.72. The molecule has 1 saturated carbocycles. The van der Waals surface area contributed by atoms with Crippen molar-refractivity contribution < 1.29 is 14.3 Å². The Balaban J connectivity index is 0.00000176. The molecular formula is C16H29ClN2O3. The number of carbonyl (C=O) groups excluding carboxylic acids is 1. The van der Waals surface area contributed by atoms with Crippen LogP contribution in [0.3, 0.4) is 0 Å². The van der Waals surface area contributed by atoms with E-state index in [1.165, 1.54) is 0 Å². The first kappa shape index (κ1) is 18.0. The van der Waals surface area contributed by atoms with E-state index < -0.39 is 5.54 Å². The highest BCUT2D eigenvalue weighted by Gasteiger charge is 2.70. The predicted molar refractivity (Wildman–Crippen MR) is 87.0 cm³/mol. The minimum atomic E-state index is -0.826. The van der Waals surface area contributed by atoms with Gasteiger partial charge in [0, 0.05) is 31.1 Å². The average molecular weight is 333 g/mol. The molecule has 4 unspecified atom stereocenters. The summed E-state index contributed by atoms with van der Waals surface area (Å²) in [6, 6.07) is 0. The van der Waals surface area contributed by atoms with Crippen LogP contribution in [0, 0.1) is 11.3 Å². The lowest BCUT2D eigenvalue weighted by Crippen LogP contribution is -2.82. The van der Waals surface area contributed by atoms with Gasteiger partial charge in [0.05, 0.1) is 11.7 Å². The van der Waals surface area contributed by atoms with Crippen molar-refractivity contribution in [3.63, 3.8) is 0 Å². The molecule has 6 heteroatoms. The van der Waals surface area contributed by atoms with Crippen LogP contribution < -0.4 is 11.1 Å². The third-order valence-corrected chi connectivity index (χ3v) is 5.98. The summed E-state index contributed by atoms with van der Waals surface area (Å²) in [5, 5.41) is 3.05. The molecule has 3 aliphatic rings. The fourth-order valence-corrected chi connectivity index (χ4v) is 4.43. The maximum atomic E-state index is 12.8. The van der Waals surface area contributed by atoms with Gasteiger partial charge in [-0.3, -0.25) is 4.79 Å². The zero-order chi connectivity index (χ0) is 15.3. The van der Waals surface area contributed by atoms with Crippen molar-refractivity contribution in [3.8, 4) is 0 Å². The average Bonchev–Trinajstić information content (AvgIpc) is 2.91. The second kappa shape index (κ2) is 5.93. The summed E-state index contributed by atoms with van der Waals surface area (Å²) in [5.41, 5.74) is 5.19. The van der Waals surface area contributed by atoms with Gasteiger partial charge in [-0.05, 0) is 32.6 Å². The van der Waals surface area contributed by atoms with Crippen LogP contribution in [-0.2, 0) is 14.3 Å². The molecule has 0 bridgehead atoms. The summed E-state index contributed by atoms with van der Waals surface area (Å²) < 4.78 is 11.6. The summed E-state index contributed by atoms with van der Waals surface area (Å²) >= 11 is 0. The van der Waals surface area contributed by atoms with E-state index in [1.54, 1.807) is 0 Å². The van der Waals surface area contributed by atoms with Gasteiger partial charge in [-0.2, -0.15) is 0 Å². The van der Waals surface area contributed by atoms with Crippen molar-refractivity contribution in [2.75, 3.05) is 19.8 Å². The molecule has 0 spiro atoms. The van der Waals surface area contributed by atoms with Crippen LogP contribution in [0.2, 0.25) is 0 Å². The Bertz CT molecular complexity index is 437. The summed E-state index contributed by atoms with van der Waals surface area (Å²) in [5.74, 6) is 0.0922. The fraction of sp³-hybridized carbons (Fsp3) is 0.938. The van der Waals surface area contributed by atoms with Crippen LogP contribution in [0.15, 0.2) is 0 Å². The van der Waals surface area contributed by atoms with Crippen LogP contribution in [0.5, 0.6) is 0 Å². The van der Waals surface area contributed by atoms with Crippen LogP contribution >= 0.6 is 12.4 Å². The third kappa shape index (κ3) is 2.46. The first-order valence-corrected chi connectivity index (χ1v) is 8.14. The van der Waals surface area contributed by atoms with Crippen molar-refractivity contribution in [2.24, 2.45) is 17.1 Å². The van der Waals surface area contributed by atoms with E-state index in [2.05, 4.69) is 12.2 Å². The lowest BCUT2D eigenvalue weighted by Gasteiger charge is -2.65. The Labute approximate surface area is 139 Å². The third-order valence-electron chi connectivity index (χ3n) is 5.98. The second-order valence-electron chi connectivity index (χ2n) is 7.72. The maximum Gasteiger partial charge on any atom is 0.241 e. The number of fused-ring (bicyclic) bond motifs is 1. The fourth-order valence-electron chi connectivity index (χ4n) is 4.43. The van der Waals surface area contributed by atoms with Crippen LogP contribution in [0.25, 0.3) is 0 Å². The molecular weight excluding hydrogens is 304 g/mol. The molecule has 2 saturated heterocycles. The van der Waals surface area contributed by atoms with Crippen molar-refractivity contribution in [2.45, 2.75) is 63.7 Å². The smallest absolute Gasteiger partial charge is 0.241 e. The van der Waals surface area contributed by atoms with E-state index in [0.717, 1.165) is 38.9 Å². The summed E-state index contributed by atoms with van der Waals surface area (Å²) in [6.07, 6.45) is 4.13. The molecule has 1 aliphatic carbocycles. The largest absolute Gasteiger partial charge is 0.377 e. The minimum Gasteiger partial charge on any atom is -0.377 e. The lowest BCUT2D eigenvalue weighted by molar-refractivity contribution is -0.225. The van der Waals surface area contributed by atoms with Gasteiger partial charge < -0.3 is 20.5 Å². The molecule has 5 nitrogen and oxygen atoms in total. The number of halogens is 1. The van der Waals surface area contributed by atoms with E-state index in [1.807, 2.05) is 13.8 Å². The van der Waals surface area contributed by atoms with Gasteiger partial charge in [0.15, 0.2) is 0 Å². The minimum absolute atomic E-state index is 0. The Hall–Kier alpha value is -0.360. The highest BCUT2D eigenvalue weighted by atomic mass is 35.5. The molecule has 0 radical (unpaired) electrons. The summed E-state index contributed by atoms with van der Waals surface area (Å²) in [4.78, 5) is 12.8. The topological polar surface area (TPSA) is 73.6 Å². The lowest BCUT2D eigenvalue weighted by atomic mass is 9.46. The van der Waals surface area contributed by atoms with Crippen molar-refractivity contribution in [3.05, 3.63) is 0 Å². The van der Waals surface area contributed by atoms with Gasteiger partial charge in [0.2, 0.25) is 5.91 Å². The number of ether oxygens (including phenoxy) is 2. The number of nitrogens with two attached hydrogens (primary N) is 1. The molecule has 4 atom stereocenters. The molecule has 0 aromatic carbocycles. The SMILES string of the molecule is CC1(CNC(=O)C2(N)C3CCCOC3C2(C)C)CCCO1.Cl. The van der Waals surface area contributed by atoms with Crippen molar-refractivity contribution in [1.82, 2.24) is 5.32 Å². The van der Waals surface area contributed by atoms with Crippen LogP contribution in [-0.4, -0.2) is 42.9 Å². The van der Waals surface area contributed by atoms with E-state index in [9.17, 15) is 4.79 Å². The van der Waals surface area contributed by atoms with Crippen LogP contribution in [0.1, 0.15) is 46.5 Å². The van der Waals surface area contributed by atoms with Gasteiger partial charge in [-0.25, -0.2) is 0 Å². The van der Waals surface area contributed by atoms with Gasteiger partial charge in [0.25, 0.3) is 0 Å². The number of rotatable bonds is 3. The van der Waals surface area contributed by atoms with E-state index in [4.69, 9.17) is 15.2 Å². The molecule has 22 heavy (non-hydrogen) atoms. The van der Waals surface area contributed by atoms with E-state index >= 15 is 0 Å². The molecule has 0 aromatic heterocycles. The van der Waals surface area contributed by atoms with Crippen molar-refractivity contribution in [1.29, 1.82) is 0 Å². The number of hydrogen-bond donors (Lipinski definition) is 2. The molecule has 2 aliphatic heterocycles. The zero-order valence-corrected chi connectivity index (χ0v) is 14.6. The van der Waals surface area contributed by atoms with Gasteiger partial charge >= 0.3 is 0 Å². The highest BCUT2D eigenvalue weighted by molar-refractivity contribution is 5.89. The van der Waals surface area contributed by atoms with Gasteiger partial charge in [-0.1, -0.05) is 13.8 Å². The molecule has 0 aromatic rings. The zero-order valence-electron chi connectivity index (χ0n) is 13.8. The standard InChI is InChI=1S/C16H28N2O3.ClH/c1-14(2)12-11(6-4-8-20-12)16(14,17)13(19)18-10-15(3)7-5-9-21-15;/h11-12H,4-10,17H2,1-3H3,(H,18,19);1H. The van der Waals surface area contributed by atoms with Crippen LogP contribution in [0.4, 0.5) is 0 Å². The Morgan fingerprint density at radius 2 is 2.00 bits per heavy atom. The molecule has 3 N–H and O–H groups in total. The number of amides is 1. The number of nitrogens with one attached hydrogen (secondary N) is 1. The molecule has 3 rings (SSSR count). The summed E-state index contributed by atoms with van der Waals surface area (Å²) in [7, 11) is 0. The van der Waals surface area contributed by atoms with Crippen molar-refractivity contribution >= 4 is 18.3 Å². The monoisotopic (exact) mass is 332 g/mol. The predicted octanol–water partition coefficient (Wildman–Crippen LogP) is 1.63. The summed E-state index contributed by atoms with van der Waals surface area (Å²) in [6.45, 7) is 8.26. The molecule has 2 heterocycles.